The van der Waals surface area contributed by atoms with E-state index in [-0.39, 0.29) is 35.3 Å². The van der Waals surface area contributed by atoms with E-state index in [4.69, 9.17) is 4.74 Å². The molecule has 1 aliphatic rings. The lowest BCUT2D eigenvalue weighted by Gasteiger charge is -2.27. The Labute approximate surface area is 171 Å². The molecule has 0 aliphatic heterocycles. The molecule has 0 spiro atoms. The maximum atomic E-state index is 14.8. The molecular weight excluding hydrogens is 406 g/mol. The van der Waals surface area contributed by atoms with E-state index in [0.717, 1.165) is 12.1 Å². The summed E-state index contributed by atoms with van der Waals surface area (Å²) in [6.07, 6.45) is 1.55. The highest BCUT2D eigenvalue weighted by Gasteiger charge is 2.27. The third-order valence-corrected chi connectivity index (χ3v) is 5.48. The van der Waals surface area contributed by atoms with Crippen LogP contribution in [-0.2, 0) is 0 Å². The Morgan fingerprint density at radius 1 is 0.867 bits per heavy atom. The van der Waals surface area contributed by atoms with Crippen LogP contribution < -0.4 is 4.74 Å². The van der Waals surface area contributed by atoms with Crippen LogP contribution in [0.4, 0.5) is 26.3 Å². The van der Waals surface area contributed by atoms with E-state index in [1.807, 2.05) is 6.92 Å². The Morgan fingerprint density at radius 3 is 2.07 bits per heavy atom. The SMILES string of the molecule is CCCOc1ccc(-c2ccc(C3CCC(C=C(F)F)CC3)c(F)c2F)c(F)c1F. The standard InChI is InChI=1S/C23H22F6O/c1-2-11-30-18-10-9-17(22(28)23(18)29)16-8-7-15(20(26)21(16)27)14-5-3-13(4-6-14)12-19(24)25/h7-10,12-14H,2-6,11H2,1H3. The van der Waals surface area contributed by atoms with Gasteiger partial charge in [-0.2, -0.15) is 13.2 Å². The van der Waals surface area contributed by atoms with Crippen molar-refractivity contribution in [3.8, 4) is 16.9 Å². The summed E-state index contributed by atoms with van der Waals surface area (Å²) >= 11 is 0. The number of benzene rings is 2. The second kappa shape index (κ2) is 9.58. The van der Waals surface area contributed by atoms with Crippen molar-refractivity contribution in [1.82, 2.24) is 0 Å². The molecule has 2 aromatic carbocycles. The monoisotopic (exact) mass is 428 g/mol. The van der Waals surface area contributed by atoms with Crippen LogP contribution >= 0.6 is 0 Å². The van der Waals surface area contributed by atoms with Crippen molar-refractivity contribution < 1.29 is 31.1 Å². The van der Waals surface area contributed by atoms with Crippen LogP contribution in [0.5, 0.6) is 5.75 Å². The molecule has 162 valence electrons. The van der Waals surface area contributed by atoms with Crippen molar-refractivity contribution in [2.45, 2.75) is 44.9 Å². The summed E-state index contributed by atoms with van der Waals surface area (Å²) < 4.78 is 88.1. The zero-order chi connectivity index (χ0) is 21.8. The summed E-state index contributed by atoms with van der Waals surface area (Å²) in [7, 11) is 0. The molecule has 0 radical (unpaired) electrons. The average Bonchev–Trinajstić information content (AvgIpc) is 2.72. The summed E-state index contributed by atoms with van der Waals surface area (Å²) in [5.41, 5.74) is -0.652. The van der Waals surface area contributed by atoms with E-state index < -0.39 is 34.9 Å². The quantitative estimate of drug-likeness (QED) is 0.428. The van der Waals surface area contributed by atoms with Gasteiger partial charge in [-0.05, 0) is 67.7 Å². The van der Waals surface area contributed by atoms with Crippen molar-refractivity contribution in [3.63, 3.8) is 0 Å². The van der Waals surface area contributed by atoms with Crippen molar-refractivity contribution in [2.24, 2.45) is 5.92 Å². The van der Waals surface area contributed by atoms with E-state index in [1.165, 1.54) is 18.2 Å². The Bertz CT molecular complexity index is 928. The third kappa shape index (κ3) is 4.65. The average molecular weight is 428 g/mol. The Morgan fingerprint density at radius 2 is 1.47 bits per heavy atom. The molecule has 1 saturated carbocycles. The van der Waals surface area contributed by atoms with Gasteiger partial charge in [-0.25, -0.2) is 13.2 Å². The third-order valence-electron chi connectivity index (χ3n) is 5.48. The Kier molecular flexibility index (Phi) is 7.10. The van der Waals surface area contributed by atoms with E-state index in [0.29, 0.717) is 32.1 Å². The number of allylic oxidation sites excluding steroid dienone is 1. The summed E-state index contributed by atoms with van der Waals surface area (Å²) in [5.74, 6) is -5.81. The van der Waals surface area contributed by atoms with Crippen LogP contribution in [0.3, 0.4) is 0 Å². The summed E-state index contributed by atoms with van der Waals surface area (Å²) in [6.45, 7) is 2.01. The van der Waals surface area contributed by atoms with Gasteiger partial charge in [0.1, 0.15) is 0 Å². The first-order valence-corrected chi connectivity index (χ1v) is 9.95. The van der Waals surface area contributed by atoms with Gasteiger partial charge in [0.15, 0.2) is 23.2 Å². The molecule has 1 nitrogen and oxygen atoms in total. The van der Waals surface area contributed by atoms with Gasteiger partial charge in [0.2, 0.25) is 5.82 Å². The minimum absolute atomic E-state index is 0.128. The van der Waals surface area contributed by atoms with Gasteiger partial charge in [-0.3, -0.25) is 0 Å². The lowest BCUT2D eigenvalue weighted by Crippen LogP contribution is -2.14. The molecule has 30 heavy (non-hydrogen) atoms. The van der Waals surface area contributed by atoms with E-state index in [1.54, 1.807) is 0 Å². The zero-order valence-corrected chi connectivity index (χ0v) is 16.5. The lowest BCUT2D eigenvalue weighted by atomic mass is 9.78. The molecule has 7 heteroatoms. The first-order chi connectivity index (χ1) is 14.3. The number of ether oxygens (including phenoxy) is 1. The summed E-state index contributed by atoms with van der Waals surface area (Å²) in [5, 5.41) is 0. The van der Waals surface area contributed by atoms with Crippen LogP contribution in [0, 0.1) is 29.2 Å². The van der Waals surface area contributed by atoms with Crippen LogP contribution in [0.2, 0.25) is 0 Å². The first kappa shape index (κ1) is 22.2. The van der Waals surface area contributed by atoms with E-state index in [9.17, 15) is 26.3 Å². The highest BCUT2D eigenvalue weighted by Crippen LogP contribution is 2.40. The maximum absolute atomic E-state index is 14.8. The van der Waals surface area contributed by atoms with E-state index >= 15 is 0 Å². The van der Waals surface area contributed by atoms with Crippen LogP contribution in [0.25, 0.3) is 11.1 Å². The summed E-state index contributed by atoms with van der Waals surface area (Å²) in [4.78, 5) is 0. The molecular formula is C23H22F6O. The fourth-order valence-corrected chi connectivity index (χ4v) is 3.93. The highest BCUT2D eigenvalue weighted by atomic mass is 19.3. The first-order valence-electron chi connectivity index (χ1n) is 9.95. The second-order valence-electron chi connectivity index (χ2n) is 7.49. The predicted octanol–water partition coefficient (Wildman–Crippen LogP) is 7.75. The number of rotatable bonds is 6. The van der Waals surface area contributed by atoms with Crippen molar-refractivity contribution in [3.05, 3.63) is 65.3 Å². The van der Waals surface area contributed by atoms with Gasteiger partial charge >= 0.3 is 0 Å². The van der Waals surface area contributed by atoms with Crippen LogP contribution in [0.1, 0.15) is 50.5 Å². The Hall–Kier alpha value is -2.44. The molecule has 0 heterocycles. The molecule has 0 N–H and O–H groups in total. The van der Waals surface area contributed by atoms with Gasteiger partial charge in [0, 0.05) is 11.1 Å². The van der Waals surface area contributed by atoms with Gasteiger partial charge in [-0.1, -0.05) is 19.1 Å². The normalized spacial score (nSPS) is 18.9. The second-order valence-corrected chi connectivity index (χ2v) is 7.49. The Balaban J connectivity index is 1.86. The largest absolute Gasteiger partial charge is 0.490 e. The van der Waals surface area contributed by atoms with E-state index in [2.05, 4.69) is 0 Å². The molecule has 0 bridgehead atoms. The number of hydrogen-bond acceptors (Lipinski definition) is 1. The molecule has 0 atom stereocenters. The molecule has 1 aliphatic carbocycles. The lowest BCUT2D eigenvalue weighted by molar-refractivity contribution is 0.295. The molecule has 1 fully saturated rings. The smallest absolute Gasteiger partial charge is 0.266 e. The summed E-state index contributed by atoms with van der Waals surface area (Å²) in [6, 6.07) is 4.94. The van der Waals surface area contributed by atoms with Crippen LogP contribution in [0.15, 0.2) is 36.4 Å². The predicted molar refractivity (Wildman–Crippen MR) is 102 cm³/mol. The topological polar surface area (TPSA) is 9.23 Å². The van der Waals surface area contributed by atoms with Crippen molar-refractivity contribution >= 4 is 0 Å². The fourth-order valence-electron chi connectivity index (χ4n) is 3.93. The van der Waals surface area contributed by atoms with Gasteiger partial charge in [0.25, 0.3) is 6.08 Å². The van der Waals surface area contributed by atoms with Crippen LogP contribution in [-0.4, -0.2) is 6.61 Å². The molecule has 2 aromatic rings. The molecule has 0 unspecified atom stereocenters. The van der Waals surface area contributed by atoms with Crippen molar-refractivity contribution in [1.29, 1.82) is 0 Å². The fraction of sp³-hybridized carbons (Fsp3) is 0.391. The highest BCUT2D eigenvalue weighted by molar-refractivity contribution is 5.66. The van der Waals surface area contributed by atoms with Gasteiger partial charge < -0.3 is 4.74 Å². The number of halogens is 6. The zero-order valence-electron chi connectivity index (χ0n) is 16.5. The molecule has 0 saturated heterocycles. The molecule has 3 rings (SSSR count). The maximum Gasteiger partial charge on any atom is 0.266 e. The number of hydrogen-bond donors (Lipinski definition) is 0. The minimum Gasteiger partial charge on any atom is -0.490 e. The molecule has 0 aromatic heterocycles. The molecule has 0 amide bonds. The van der Waals surface area contributed by atoms with Gasteiger partial charge in [0.05, 0.1) is 6.61 Å². The van der Waals surface area contributed by atoms with Gasteiger partial charge in [-0.15, -0.1) is 0 Å². The minimum atomic E-state index is -1.74. The van der Waals surface area contributed by atoms with Crippen molar-refractivity contribution in [2.75, 3.05) is 6.61 Å².